The predicted octanol–water partition coefficient (Wildman–Crippen LogP) is 3.11. The number of rotatable bonds is 7. The van der Waals surface area contributed by atoms with Crippen LogP contribution in [0.1, 0.15) is 24.9 Å². The number of primary amides is 1. The maximum Gasteiger partial charge on any atom is 0.244 e. The summed E-state index contributed by atoms with van der Waals surface area (Å²) in [6, 6.07) is 16.4. The molecule has 1 unspecified atom stereocenters. The standard InChI is InChI=1S/C17H20N2O2/c1-2-11-21-15-10-6-9-14(12-15)19-16(17(18)20)13-7-4-3-5-8-13/h3-10,12,16,19H,2,11H2,1H3,(H2,18,20). The summed E-state index contributed by atoms with van der Waals surface area (Å²) < 4.78 is 5.59. The van der Waals surface area contributed by atoms with E-state index in [0.29, 0.717) is 6.61 Å². The second kappa shape index (κ2) is 7.33. The first kappa shape index (κ1) is 14.9. The molecule has 2 rings (SSSR count). The molecular formula is C17H20N2O2. The normalized spacial score (nSPS) is 11.7. The number of nitrogens with one attached hydrogen (secondary N) is 1. The molecule has 0 aliphatic rings. The highest BCUT2D eigenvalue weighted by molar-refractivity contribution is 5.84. The van der Waals surface area contributed by atoms with Gasteiger partial charge in [-0.25, -0.2) is 0 Å². The highest BCUT2D eigenvalue weighted by atomic mass is 16.5. The molecule has 2 aromatic rings. The molecule has 0 aliphatic heterocycles. The zero-order valence-corrected chi connectivity index (χ0v) is 12.1. The Morgan fingerprint density at radius 2 is 1.95 bits per heavy atom. The maximum absolute atomic E-state index is 11.7. The van der Waals surface area contributed by atoms with Crippen LogP contribution in [0.4, 0.5) is 5.69 Å². The van der Waals surface area contributed by atoms with E-state index in [2.05, 4.69) is 12.2 Å². The third kappa shape index (κ3) is 4.24. The fraction of sp³-hybridized carbons (Fsp3) is 0.235. The highest BCUT2D eigenvalue weighted by Gasteiger charge is 2.17. The maximum atomic E-state index is 11.7. The molecule has 21 heavy (non-hydrogen) atoms. The number of ether oxygens (including phenoxy) is 1. The van der Waals surface area contributed by atoms with Crippen LogP contribution in [0.3, 0.4) is 0 Å². The second-order valence-corrected chi connectivity index (χ2v) is 4.77. The first-order chi connectivity index (χ1) is 10.2. The van der Waals surface area contributed by atoms with Gasteiger partial charge in [0.25, 0.3) is 0 Å². The molecule has 0 aliphatic carbocycles. The number of carbonyl (C=O) groups excluding carboxylic acids is 1. The van der Waals surface area contributed by atoms with Crippen LogP contribution in [0, 0.1) is 0 Å². The highest BCUT2D eigenvalue weighted by Crippen LogP contribution is 2.23. The van der Waals surface area contributed by atoms with Crippen molar-refractivity contribution in [1.82, 2.24) is 0 Å². The van der Waals surface area contributed by atoms with Gasteiger partial charge in [-0.1, -0.05) is 43.3 Å². The third-order valence-electron chi connectivity index (χ3n) is 3.04. The van der Waals surface area contributed by atoms with Crippen molar-refractivity contribution in [3.8, 4) is 5.75 Å². The van der Waals surface area contributed by atoms with E-state index in [1.165, 1.54) is 0 Å². The van der Waals surface area contributed by atoms with Gasteiger partial charge in [-0.15, -0.1) is 0 Å². The topological polar surface area (TPSA) is 64.3 Å². The molecule has 0 bridgehead atoms. The van der Waals surface area contributed by atoms with Crippen LogP contribution >= 0.6 is 0 Å². The van der Waals surface area contributed by atoms with Crippen LogP contribution < -0.4 is 15.8 Å². The van der Waals surface area contributed by atoms with Gasteiger partial charge in [0, 0.05) is 11.8 Å². The van der Waals surface area contributed by atoms with Gasteiger partial charge in [-0.2, -0.15) is 0 Å². The number of hydrogen-bond donors (Lipinski definition) is 2. The van der Waals surface area contributed by atoms with Crippen LogP contribution in [0.25, 0.3) is 0 Å². The lowest BCUT2D eigenvalue weighted by Crippen LogP contribution is -2.27. The quantitative estimate of drug-likeness (QED) is 0.821. The Balaban J connectivity index is 2.16. The summed E-state index contributed by atoms with van der Waals surface area (Å²) in [5.41, 5.74) is 7.14. The van der Waals surface area contributed by atoms with E-state index < -0.39 is 11.9 Å². The van der Waals surface area contributed by atoms with Crippen LogP contribution in [0.15, 0.2) is 54.6 Å². The first-order valence-corrected chi connectivity index (χ1v) is 7.04. The lowest BCUT2D eigenvalue weighted by Gasteiger charge is -2.17. The van der Waals surface area contributed by atoms with Crippen molar-refractivity contribution < 1.29 is 9.53 Å². The van der Waals surface area contributed by atoms with E-state index in [1.54, 1.807) is 0 Å². The van der Waals surface area contributed by atoms with Crippen molar-refractivity contribution in [3.05, 3.63) is 60.2 Å². The Bertz CT molecular complexity index is 584. The lowest BCUT2D eigenvalue weighted by molar-refractivity contribution is -0.118. The van der Waals surface area contributed by atoms with Crippen molar-refractivity contribution in [2.45, 2.75) is 19.4 Å². The molecule has 0 heterocycles. The van der Waals surface area contributed by atoms with Crippen molar-refractivity contribution in [3.63, 3.8) is 0 Å². The van der Waals surface area contributed by atoms with Crippen LogP contribution in [-0.2, 0) is 4.79 Å². The van der Waals surface area contributed by atoms with Gasteiger partial charge in [0.2, 0.25) is 5.91 Å². The Hall–Kier alpha value is -2.49. The van der Waals surface area contributed by atoms with Gasteiger partial charge in [-0.05, 0) is 24.1 Å². The SMILES string of the molecule is CCCOc1cccc(NC(C(N)=O)c2ccccc2)c1. The number of nitrogens with two attached hydrogens (primary N) is 1. The molecule has 2 aromatic carbocycles. The predicted molar refractivity (Wildman–Crippen MR) is 84.2 cm³/mol. The number of carbonyl (C=O) groups is 1. The lowest BCUT2D eigenvalue weighted by atomic mass is 10.1. The smallest absolute Gasteiger partial charge is 0.244 e. The van der Waals surface area contributed by atoms with E-state index in [1.807, 2.05) is 54.6 Å². The molecule has 0 fully saturated rings. The molecule has 0 aromatic heterocycles. The molecule has 0 saturated carbocycles. The summed E-state index contributed by atoms with van der Waals surface area (Å²) in [5.74, 6) is 0.360. The first-order valence-electron chi connectivity index (χ1n) is 7.04. The summed E-state index contributed by atoms with van der Waals surface area (Å²) in [7, 11) is 0. The fourth-order valence-electron chi connectivity index (χ4n) is 2.03. The van der Waals surface area contributed by atoms with Crippen molar-refractivity contribution in [2.75, 3.05) is 11.9 Å². The van der Waals surface area contributed by atoms with Crippen LogP contribution in [0.5, 0.6) is 5.75 Å². The van der Waals surface area contributed by atoms with Crippen molar-refractivity contribution in [1.29, 1.82) is 0 Å². The molecule has 0 saturated heterocycles. The van der Waals surface area contributed by atoms with Crippen LogP contribution in [0.2, 0.25) is 0 Å². The van der Waals surface area contributed by atoms with Gasteiger partial charge in [-0.3, -0.25) is 4.79 Å². The summed E-state index contributed by atoms with van der Waals surface area (Å²) in [6.45, 7) is 2.72. The van der Waals surface area contributed by atoms with E-state index in [-0.39, 0.29) is 0 Å². The minimum atomic E-state index is -0.562. The number of amides is 1. The minimum Gasteiger partial charge on any atom is -0.494 e. The van der Waals surface area contributed by atoms with Gasteiger partial charge in [0.1, 0.15) is 11.8 Å². The van der Waals surface area contributed by atoms with Gasteiger partial charge in [0.05, 0.1) is 6.61 Å². The van der Waals surface area contributed by atoms with E-state index in [4.69, 9.17) is 10.5 Å². The summed E-state index contributed by atoms with van der Waals surface area (Å²) in [6.07, 6.45) is 0.950. The average molecular weight is 284 g/mol. The number of anilines is 1. The molecular weight excluding hydrogens is 264 g/mol. The van der Waals surface area contributed by atoms with E-state index in [0.717, 1.165) is 23.4 Å². The zero-order chi connectivity index (χ0) is 15.1. The second-order valence-electron chi connectivity index (χ2n) is 4.77. The largest absolute Gasteiger partial charge is 0.494 e. The average Bonchev–Trinajstić information content (AvgIpc) is 2.51. The zero-order valence-electron chi connectivity index (χ0n) is 12.1. The van der Waals surface area contributed by atoms with Gasteiger partial charge >= 0.3 is 0 Å². The molecule has 0 spiro atoms. The van der Waals surface area contributed by atoms with Gasteiger partial charge in [0.15, 0.2) is 0 Å². The third-order valence-corrected chi connectivity index (χ3v) is 3.04. The monoisotopic (exact) mass is 284 g/mol. The minimum absolute atomic E-state index is 0.416. The molecule has 4 heteroatoms. The van der Waals surface area contributed by atoms with Crippen LogP contribution in [-0.4, -0.2) is 12.5 Å². The molecule has 4 nitrogen and oxygen atoms in total. The van der Waals surface area contributed by atoms with Crippen molar-refractivity contribution >= 4 is 11.6 Å². The number of hydrogen-bond acceptors (Lipinski definition) is 3. The molecule has 110 valence electrons. The molecule has 1 atom stereocenters. The van der Waals surface area contributed by atoms with E-state index in [9.17, 15) is 4.79 Å². The summed E-state index contributed by atoms with van der Waals surface area (Å²) in [4.78, 5) is 11.7. The Labute approximate surface area is 124 Å². The fourth-order valence-corrected chi connectivity index (χ4v) is 2.03. The number of benzene rings is 2. The van der Waals surface area contributed by atoms with Gasteiger partial charge < -0.3 is 15.8 Å². The molecule has 0 radical (unpaired) electrons. The summed E-state index contributed by atoms with van der Waals surface area (Å²) >= 11 is 0. The molecule has 3 N–H and O–H groups in total. The Kier molecular flexibility index (Phi) is 5.21. The molecule has 1 amide bonds. The van der Waals surface area contributed by atoms with Crippen molar-refractivity contribution in [2.24, 2.45) is 5.73 Å². The Morgan fingerprint density at radius 3 is 2.62 bits per heavy atom. The summed E-state index contributed by atoms with van der Waals surface area (Å²) in [5, 5.41) is 3.16. The Morgan fingerprint density at radius 1 is 1.19 bits per heavy atom. The van der Waals surface area contributed by atoms with E-state index >= 15 is 0 Å².